The van der Waals surface area contributed by atoms with Crippen molar-refractivity contribution in [1.82, 2.24) is 0 Å². The van der Waals surface area contributed by atoms with Crippen molar-refractivity contribution in [2.24, 2.45) is 0 Å². The largest absolute Gasteiger partial charge is 0.462 e. The maximum Gasteiger partial charge on any atom is 0.306 e. The molecular weight excluding hydrogens is 853 g/mol. The van der Waals surface area contributed by atoms with E-state index in [1.165, 1.54) is 173 Å². The maximum absolute atomic E-state index is 12.9. The van der Waals surface area contributed by atoms with Crippen molar-refractivity contribution < 1.29 is 28.6 Å². The molecule has 1 unspecified atom stereocenters. The van der Waals surface area contributed by atoms with E-state index in [2.05, 4.69) is 81.5 Å². The van der Waals surface area contributed by atoms with Crippen LogP contribution >= 0.6 is 0 Å². The van der Waals surface area contributed by atoms with Gasteiger partial charge in [-0.2, -0.15) is 0 Å². The van der Waals surface area contributed by atoms with Crippen LogP contribution in [-0.4, -0.2) is 37.2 Å². The van der Waals surface area contributed by atoms with Gasteiger partial charge in [0.2, 0.25) is 0 Å². The molecule has 0 rings (SSSR count). The number of rotatable bonds is 54. The van der Waals surface area contributed by atoms with Crippen LogP contribution in [-0.2, 0) is 28.6 Å². The zero-order valence-corrected chi connectivity index (χ0v) is 45.8. The topological polar surface area (TPSA) is 78.9 Å². The molecule has 0 fully saturated rings. The van der Waals surface area contributed by atoms with Crippen molar-refractivity contribution in [3.63, 3.8) is 0 Å². The van der Waals surface area contributed by atoms with E-state index in [0.29, 0.717) is 19.3 Å². The molecule has 6 nitrogen and oxygen atoms in total. The highest BCUT2D eigenvalue weighted by Crippen LogP contribution is 2.16. The Morgan fingerprint density at radius 3 is 0.913 bits per heavy atom. The minimum Gasteiger partial charge on any atom is -0.462 e. The number of ether oxygens (including phenoxy) is 3. The Labute approximate surface area is 428 Å². The molecule has 0 saturated carbocycles. The first-order valence-corrected chi connectivity index (χ1v) is 29.8. The average Bonchev–Trinajstić information content (AvgIpc) is 3.35. The van der Waals surface area contributed by atoms with Gasteiger partial charge in [-0.15, -0.1) is 0 Å². The van der Waals surface area contributed by atoms with E-state index in [9.17, 15) is 14.4 Å². The first kappa shape index (κ1) is 66.1. The Morgan fingerprint density at radius 2 is 0.565 bits per heavy atom. The van der Waals surface area contributed by atoms with Crippen LogP contribution in [0.1, 0.15) is 303 Å². The number of hydrogen-bond donors (Lipinski definition) is 0. The van der Waals surface area contributed by atoms with Crippen LogP contribution in [0.3, 0.4) is 0 Å². The molecule has 0 radical (unpaired) electrons. The summed E-state index contributed by atoms with van der Waals surface area (Å²) in [5.74, 6) is -0.906. The third-order valence-corrected chi connectivity index (χ3v) is 13.0. The van der Waals surface area contributed by atoms with Gasteiger partial charge in [-0.05, 0) is 83.5 Å². The van der Waals surface area contributed by atoms with E-state index in [1.807, 2.05) is 0 Å². The summed E-state index contributed by atoms with van der Waals surface area (Å²) in [5.41, 5.74) is 0. The number of unbranched alkanes of at least 4 members (excludes halogenated alkanes) is 33. The van der Waals surface area contributed by atoms with E-state index < -0.39 is 6.10 Å². The molecule has 69 heavy (non-hydrogen) atoms. The molecule has 1 atom stereocenters. The molecule has 0 aliphatic carbocycles. The third kappa shape index (κ3) is 55.9. The van der Waals surface area contributed by atoms with Gasteiger partial charge >= 0.3 is 17.9 Å². The number of hydrogen-bond acceptors (Lipinski definition) is 6. The second-order valence-corrected chi connectivity index (χ2v) is 19.9. The predicted octanol–water partition coefficient (Wildman–Crippen LogP) is 20.0. The smallest absolute Gasteiger partial charge is 0.306 e. The lowest BCUT2D eigenvalue weighted by molar-refractivity contribution is -0.167. The number of carbonyl (C=O) groups excluding carboxylic acids is 3. The lowest BCUT2D eigenvalue weighted by Crippen LogP contribution is -2.30. The Morgan fingerprint density at radius 1 is 0.304 bits per heavy atom. The predicted molar refractivity (Wildman–Crippen MR) is 298 cm³/mol. The highest BCUT2D eigenvalue weighted by Gasteiger charge is 2.19. The molecule has 0 amide bonds. The second kappa shape index (κ2) is 57.7. The molecule has 0 aromatic rings. The van der Waals surface area contributed by atoms with E-state index >= 15 is 0 Å². The SMILES string of the molecule is CC/C=C\C/C=C\C/C=C\C/C=C\CCCCCC(=O)OCC(COC(=O)CCCCCCCCCCCCCCCCCCCC)OC(=O)CCCCCCCCC/C=C\CCCCCCCC. The summed E-state index contributed by atoms with van der Waals surface area (Å²) in [6.07, 6.45) is 72.1. The lowest BCUT2D eigenvalue weighted by atomic mass is 10.0. The van der Waals surface area contributed by atoms with Crippen LogP contribution in [0.15, 0.2) is 60.8 Å². The van der Waals surface area contributed by atoms with Crippen molar-refractivity contribution in [2.75, 3.05) is 13.2 Å². The maximum atomic E-state index is 12.9. The Bertz CT molecular complexity index is 1250. The first-order valence-electron chi connectivity index (χ1n) is 29.8. The van der Waals surface area contributed by atoms with Crippen molar-refractivity contribution >= 4 is 17.9 Å². The van der Waals surface area contributed by atoms with Crippen molar-refractivity contribution in [3.8, 4) is 0 Å². The van der Waals surface area contributed by atoms with Crippen LogP contribution in [0.2, 0.25) is 0 Å². The monoisotopic (exact) mass is 965 g/mol. The Balaban J connectivity index is 4.40. The summed E-state index contributed by atoms with van der Waals surface area (Å²) >= 11 is 0. The van der Waals surface area contributed by atoms with E-state index in [4.69, 9.17) is 14.2 Å². The fourth-order valence-corrected chi connectivity index (χ4v) is 8.55. The van der Waals surface area contributed by atoms with Gasteiger partial charge in [-0.3, -0.25) is 14.4 Å². The highest BCUT2D eigenvalue weighted by atomic mass is 16.6. The van der Waals surface area contributed by atoms with Gasteiger partial charge in [0, 0.05) is 19.3 Å². The molecule has 0 N–H and O–H groups in total. The van der Waals surface area contributed by atoms with Crippen LogP contribution in [0.25, 0.3) is 0 Å². The summed E-state index contributed by atoms with van der Waals surface area (Å²) in [7, 11) is 0. The summed E-state index contributed by atoms with van der Waals surface area (Å²) in [6, 6.07) is 0. The zero-order chi connectivity index (χ0) is 50.0. The van der Waals surface area contributed by atoms with Crippen LogP contribution in [0.4, 0.5) is 0 Å². The highest BCUT2D eigenvalue weighted by molar-refractivity contribution is 5.71. The zero-order valence-electron chi connectivity index (χ0n) is 45.8. The van der Waals surface area contributed by atoms with Gasteiger partial charge in [0.15, 0.2) is 6.10 Å². The van der Waals surface area contributed by atoms with Crippen LogP contribution < -0.4 is 0 Å². The van der Waals surface area contributed by atoms with Crippen molar-refractivity contribution in [1.29, 1.82) is 0 Å². The van der Waals surface area contributed by atoms with Gasteiger partial charge in [0.05, 0.1) is 0 Å². The molecule has 400 valence electrons. The minimum atomic E-state index is -0.788. The van der Waals surface area contributed by atoms with Crippen LogP contribution in [0.5, 0.6) is 0 Å². The van der Waals surface area contributed by atoms with E-state index in [-0.39, 0.29) is 31.1 Å². The molecule has 0 bridgehead atoms. The minimum absolute atomic E-state index is 0.0833. The fourth-order valence-electron chi connectivity index (χ4n) is 8.55. The molecule has 0 aliphatic heterocycles. The van der Waals surface area contributed by atoms with Gasteiger partial charge in [-0.25, -0.2) is 0 Å². The van der Waals surface area contributed by atoms with Crippen molar-refractivity contribution in [2.45, 2.75) is 309 Å². The average molecular weight is 966 g/mol. The molecule has 0 aromatic carbocycles. The second-order valence-electron chi connectivity index (χ2n) is 19.9. The van der Waals surface area contributed by atoms with Gasteiger partial charge in [0.1, 0.15) is 13.2 Å². The lowest BCUT2D eigenvalue weighted by Gasteiger charge is -2.18. The van der Waals surface area contributed by atoms with Crippen molar-refractivity contribution in [3.05, 3.63) is 60.8 Å². The number of carbonyl (C=O) groups is 3. The van der Waals surface area contributed by atoms with Gasteiger partial charge in [0.25, 0.3) is 0 Å². The van der Waals surface area contributed by atoms with Gasteiger partial charge in [-0.1, -0.05) is 261 Å². The third-order valence-electron chi connectivity index (χ3n) is 13.0. The standard InChI is InChI=1S/C63H112O6/c1-4-7-10-13-16-19-22-25-28-31-33-35-38-41-44-47-50-53-56-62(65)68-59-60(58-67-61(64)55-52-49-46-43-40-37-34-30-27-24-21-18-15-12-9-6-3)69-63(66)57-54-51-48-45-42-39-36-32-29-26-23-20-17-14-11-8-5-2/h9,12,18,21,26-27,29-30,37,40,60H,4-8,10-11,13-17,19-20,22-25,28,31-36,38-39,41-59H2,1-3H3/b12-9-,21-18-,29-26-,30-27-,40-37-. The quantitative estimate of drug-likeness (QED) is 0.0262. The summed E-state index contributed by atoms with van der Waals surface area (Å²) in [4.78, 5) is 38.2. The summed E-state index contributed by atoms with van der Waals surface area (Å²) < 4.78 is 16.9. The molecular formula is C63H112O6. The normalized spacial score (nSPS) is 12.4. The number of esters is 3. The number of allylic oxidation sites excluding steroid dienone is 10. The summed E-state index contributed by atoms with van der Waals surface area (Å²) in [6.45, 7) is 6.53. The Kier molecular flexibility index (Phi) is 55.3. The van der Waals surface area contributed by atoms with E-state index in [1.54, 1.807) is 0 Å². The molecule has 0 spiro atoms. The molecule has 0 aliphatic rings. The van der Waals surface area contributed by atoms with E-state index in [0.717, 1.165) is 89.9 Å². The summed E-state index contributed by atoms with van der Waals surface area (Å²) in [5, 5.41) is 0. The molecule has 6 heteroatoms. The van der Waals surface area contributed by atoms with Crippen LogP contribution in [0, 0.1) is 0 Å². The molecule has 0 saturated heterocycles. The molecule has 0 heterocycles. The van der Waals surface area contributed by atoms with Gasteiger partial charge < -0.3 is 14.2 Å². The Hall–Kier alpha value is -2.89. The fraction of sp³-hybridized carbons (Fsp3) is 0.794. The first-order chi connectivity index (χ1) is 34.0. The molecule has 0 aromatic heterocycles.